The highest BCUT2D eigenvalue weighted by Crippen LogP contribution is 2.28. The largest absolute Gasteiger partial charge is 0.487 e. The molecular weight excluding hydrogens is 250 g/mol. The quantitative estimate of drug-likeness (QED) is 0.434. The first-order valence-corrected chi connectivity index (χ1v) is 5.89. The van der Waals surface area contributed by atoms with Crippen molar-refractivity contribution < 1.29 is 14.5 Å². The van der Waals surface area contributed by atoms with E-state index in [0.717, 1.165) is 0 Å². The first kappa shape index (κ1) is 14.9. The minimum absolute atomic E-state index is 0.0865. The first-order valence-electron chi connectivity index (χ1n) is 5.89. The Kier molecular flexibility index (Phi) is 5.74. The van der Waals surface area contributed by atoms with E-state index in [4.69, 9.17) is 10.5 Å². The third-order valence-corrected chi connectivity index (χ3v) is 2.54. The van der Waals surface area contributed by atoms with E-state index in [0.29, 0.717) is 18.4 Å². The Morgan fingerprint density at radius 2 is 2.26 bits per heavy atom. The maximum absolute atomic E-state index is 11.0. The van der Waals surface area contributed by atoms with Crippen molar-refractivity contribution in [3.8, 4) is 5.75 Å². The molecule has 0 radical (unpaired) electrons. The lowest BCUT2D eigenvalue weighted by Gasteiger charge is -2.07. The van der Waals surface area contributed by atoms with Crippen LogP contribution in [0.4, 0.5) is 5.69 Å². The number of carbonyl (C=O) groups is 1. The van der Waals surface area contributed by atoms with Gasteiger partial charge in [-0.05, 0) is 18.1 Å². The van der Waals surface area contributed by atoms with Crippen LogP contribution in [0.5, 0.6) is 5.75 Å². The van der Waals surface area contributed by atoms with Crippen molar-refractivity contribution in [2.45, 2.75) is 19.4 Å². The average molecular weight is 267 g/mol. The molecule has 1 amide bonds. The van der Waals surface area contributed by atoms with Gasteiger partial charge in [-0.1, -0.05) is 6.07 Å². The molecule has 7 nitrogen and oxygen atoms in total. The lowest BCUT2D eigenvalue weighted by atomic mass is 10.2. The van der Waals surface area contributed by atoms with Crippen molar-refractivity contribution >= 4 is 11.6 Å². The molecule has 0 bridgehead atoms. The fourth-order valence-corrected chi connectivity index (χ4v) is 1.49. The molecule has 0 saturated carbocycles. The van der Waals surface area contributed by atoms with Crippen LogP contribution in [0.15, 0.2) is 18.2 Å². The number of carbonyl (C=O) groups excluding carboxylic acids is 1. The molecule has 0 aromatic heterocycles. The van der Waals surface area contributed by atoms with Gasteiger partial charge in [0.1, 0.15) is 0 Å². The van der Waals surface area contributed by atoms with Crippen LogP contribution in [-0.2, 0) is 11.3 Å². The highest BCUT2D eigenvalue weighted by Gasteiger charge is 2.15. The standard InChI is InChI=1S/C12H17N3O4/c1-14-12(16)3-2-6-19-11-5-4-9(8-13)7-10(11)15(17)18/h4-5,7H,2-3,6,8,13H2,1H3,(H,14,16). The summed E-state index contributed by atoms with van der Waals surface area (Å²) in [6.45, 7) is 0.480. The number of hydrogen-bond donors (Lipinski definition) is 2. The number of nitrogens with one attached hydrogen (secondary N) is 1. The zero-order chi connectivity index (χ0) is 14.3. The van der Waals surface area contributed by atoms with Crippen molar-refractivity contribution in [1.82, 2.24) is 5.32 Å². The van der Waals surface area contributed by atoms with Gasteiger partial charge < -0.3 is 15.8 Å². The Morgan fingerprint density at radius 1 is 1.53 bits per heavy atom. The summed E-state index contributed by atoms with van der Waals surface area (Å²) in [4.78, 5) is 21.4. The maximum atomic E-state index is 11.0. The van der Waals surface area contributed by atoms with Crippen molar-refractivity contribution in [2.75, 3.05) is 13.7 Å². The minimum Gasteiger partial charge on any atom is -0.487 e. The third kappa shape index (κ3) is 4.55. The lowest BCUT2D eigenvalue weighted by molar-refractivity contribution is -0.385. The molecule has 0 atom stereocenters. The van der Waals surface area contributed by atoms with Crippen LogP contribution in [-0.4, -0.2) is 24.5 Å². The van der Waals surface area contributed by atoms with E-state index in [9.17, 15) is 14.9 Å². The predicted octanol–water partition coefficient (Wildman–Crippen LogP) is 0.958. The number of nitro groups is 1. The van der Waals surface area contributed by atoms with E-state index in [2.05, 4.69) is 5.32 Å². The van der Waals surface area contributed by atoms with Gasteiger partial charge in [-0.15, -0.1) is 0 Å². The molecule has 1 aromatic carbocycles. The Balaban J connectivity index is 2.62. The summed E-state index contributed by atoms with van der Waals surface area (Å²) >= 11 is 0. The SMILES string of the molecule is CNC(=O)CCCOc1ccc(CN)cc1[N+](=O)[O-]. The summed E-state index contributed by atoms with van der Waals surface area (Å²) in [5.41, 5.74) is 5.99. The Bertz CT molecular complexity index is 462. The lowest BCUT2D eigenvalue weighted by Crippen LogP contribution is -2.18. The number of nitrogens with zero attached hydrogens (tertiary/aromatic N) is 1. The van der Waals surface area contributed by atoms with Crippen LogP contribution in [0.3, 0.4) is 0 Å². The molecule has 0 saturated heterocycles. The fourth-order valence-electron chi connectivity index (χ4n) is 1.49. The van der Waals surface area contributed by atoms with Crippen LogP contribution in [0.1, 0.15) is 18.4 Å². The predicted molar refractivity (Wildman–Crippen MR) is 69.8 cm³/mol. The number of ether oxygens (including phenoxy) is 1. The molecule has 104 valence electrons. The van der Waals surface area contributed by atoms with E-state index in [1.54, 1.807) is 13.1 Å². The van der Waals surface area contributed by atoms with Crippen LogP contribution >= 0.6 is 0 Å². The molecule has 0 aliphatic carbocycles. The molecule has 1 aromatic rings. The summed E-state index contributed by atoms with van der Waals surface area (Å²) in [6, 6.07) is 4.61. The highest BCUT2D eigenvalue weighted by molar-refractivity contribution is 5.75. The van der Waals surface area contributed by atoms with Gasteiger partial charge in [-0.25, -0.2) is 0 Å². The summed E-state index contributed by atoms with van der Waals surface area (Å²) in [5, 5.41) is 13.4. The fraction of sp³-hybridized carbons (Fsp3) is 0.417. The summed E-state index contributed by atoms with van der Waals surface area (Å²) in [6.07, 6.45) is 0.820. The topological polar surface area (TPSA) is 107 Å². The van der Waals surface area contributed by atoms with Gasteiger partial charge in [0.2, 0.25) is 5.91 Å². The zero-order valence-electron chi connectivity index (χ0n) is 10.7. The number of nitrogens with two attached hydrogens (primary N) is 1. The van der Waals surface area contributed by atoms with Crippen LogP contribution in [0.25, 0.3) is 0 Å². The summed E-state index contributed by atoms with van der Waals surface area (Å²) < 4.78 is 5.33. The molecule has 0 unspecified atom stereocenters. The van der Waals surface area contributed by atoms with Gasteiger partial charge in [0.05, 0.1) is 11.5 Å². The third-order valence-electron chi connectivity index (χ3n) is 2.54. The van der Waals surface area contributed by atoms with Crippen molar-refractivity contribution in [3.63, 3.8) is 0 Å². The number of rotatable bonds is 7. The minimum atomic E-state index is -0.507. The Morgan fingerprint density at radius 3 is 2.84 bits per heavy atom. The maximum Gasteiger partial charge on any atom is 0.311 e. The van der Waals surface area contributed by atoms with Gasteiger partial charge in [-0.2, -0.15) is 0 Å². The van der Waals surface area contributed by atoms with E-state index in [1.807, 2.05) is 0 Å². The molecule has 0 aliphatic heterocycles. The van der Waals surface area contributed by atoms with Gasteiger partial charge >= 0.3 is 5.69 Å². The second kappa shape index (κ2) is 7.32. The molecule has 3 N–H and O–H groups in total. The molecule has 0 spiro atoms. The number of hydrogen-bond acceptors (Lipinski definition) is 5. The van der Waals surface area contributed by atoms with Gasteiger partial charge in [-0.3, -0.25) is 14.9 Å². The second-order valence-corrected chi connectivity index (χ2v) is 3.89. The molecule has 0 aliphatic rings. The van der Waals surface area contributed by atoms with E-state index >= 15 is 0 Å². The van der Waals surface area contributed by atoms with Gasteiger partial charge in [0.15, 0.2) is 5.75 Å². The van der Waals surface area contributed by atoms with Crippen LogP contribution < -0.4 is 15.8 Å². The number of benzene rings is 1. The first-order chi connectivity index (χ1) is 9.08. The molecule has 1 rings (SSSR count). The summed E-state index contributed by atoms with van der Waals surface area (Å²) in [7, 11) is 1.56. The Labute approximate surface area is 110 Å². The molecule has 0 heterocycles. The smallest absolute Gasteiger partial charge is 0.311 e. The van der Waals surface area contributed by atoms with Crippen LogP contribution in [0.2, 0.25) is 0 Å². The highest BCUT2D eigenvalue weighted by atomic mass is 16.6. The molecule has 0 fully saturated rings. The van der Waals surface area contributed by atoms with Crippen molar-refractivity contribution in [2.24, 2.45) is 5.73 Å². The van der Waals surface area contributed by atoms with Crippen LogP contribution in [0, 0.1) is 10.1 Å². The average Bonchev–Trinajstić information content (AvgIpc) is 2.43. The Hall–Kier alpha value is -2.15. The molecule has 19 heavy (non-hydrogen) atoms. The van der Waals surface area contributed by atoms with Gasteiger partial charge in [0, 0.05) is 26.1 Å². The van der Waals surface area contributed by atoms with E-state index < -0.39 is 4.92 Å². The van der Waals surface area contributed by atoms with E-state index in [-0.39, 0.29) is 30.5 Å². The molecule has 7 heteroatoms. The second-order valence-electron chi connectivity index (χ2n) is 3.89. The van der Waals surface area contributed by atoms with Crippen molar-refractivity contribution in [1.29, 1.82) is 0 Å². The summed E-state index contributed by atoms with van der Waals surface area (Å²) in [5.74, 6) is 0.107. The number of nitro benzene ring substituents is 1. The molecular formula is C12H17N3O4. The van der Waals surface area contributed by atoms with E-state index in [1.165, 1.54) is 12.1 Å². The number of amides is 1. The van der Waals surface area contributed by atoms with Crippen molar-refractivity contribution in [3.05, 3.63) is 33.9 Å². The monoisotopic (exact) mass is 267 g/mol. The zero-order valence-corrected chi connectivity index (χ0v) is 10.7. The normalized spacial score (nSPS) is 10.0. The van der Waals surface area contributed by atoms with Gasteiger partial charge in [0.25, 0.3) is 0 Å².